The van der Waals surface area contributed by atoms with Gasteiger partial charge in [0, 0.05) is 37.4 Å². The molecule has 4 heteroatoms. The number of hydrogen-bond donors (Lipinski definition) is 1. The standard InChI is InChI=1S/C23H29N3O/c27-23(21-8-6-7-19(15-21)17-25-12-4-5-13-25)24-16-20-11-14-26(18-20)22-9-2-1-3-10-22/h1-3,6-10,15,20H,4-5,11-14,16-18H2,(H,24,27)/t20-/m1/s1. The van der Waals surface area contributed by atoms with Gasteiger partial charge in [0.25, 0.3) is 5.91 Å². The lowest BCUT2D eigenvalue weighted by Crippen LogP contribution is -2.31. The summed E-state index contributed by atoms with van der Waals surface area (Å²) in [5.74, 6) is 0.568. The molecular formula is C23H29N3O. The van der Waals surface area contributed by atoms with E-state index in [0.29, 0.717) is 5.92 Å². The first-order valence-electron chi connectivity index (χ1n) is 10.2. The van der Waals surface area contributed by atoms with Crippen LogP contribution in [0.25, 0.3) is 0 Å². The fourth-order valence-corrected chi connectivity index (χ4v) is 4.22. The Kier molecular flexibility index (Phi) is 5.73. The van der Waals surface area contributed by atoms with E-state index in [1.54, 1.807) is 0 Å². The molecule has 2 saturated heterocycles. The Morgan fingerprint density at radius 2 is 1.81 bits per heavy atom. The van der Waals surface area contributed by atoms with E-state index in [-0.39, 0.29) is 5.91 Å². The van der Waals surface area contributed by atoms with Crippen LogP contribution in [0.1, 0.15) is 35.2 Å². The zero-order chi connectivity index (χ0) is 18.5. The molecule has 4 nitrogen and oxygen atoms in total. The van der Waals surface area contributed by atoms with E-state index in [0.717, 1.165) is 38.2 Å². The minimum Gasteiger partial charge on any atom is -0.371 e. The van der Waals surface area contributed by atoms with Gasteiger partial charge in [-0.15, -0.1) is 0 Å². The third kappa shape index (κ3) is 4.69. The Balaban J connectivity index is 1.28. The number of benzene rings is 2. The van der Waals surface area contributed by atoms with E-state index in [1.807, 2.05) is 12.1 Å². The van der Waals surface area contributed by atoms with Crippen LogP contribution in [0.2, 0.25) is 0 Å². The van der Waals surface area contributed by atoms with E-state index < -0.39 is 0 Å². The van der Waals surface area contributed by atoms with Crippen molar-refractivity contribution in [1.82, 2.24) is 10.2 Å². The van der Waals surface area contributed by atoms with Crippen LogP contribution in [-0.4, -0.2) is 43.5 Å². The molecule has 2 aliphatic rings. The van der Waals surface area contributed by atoms with Gasteiger partial charge in [0.05, 0.1) is 0 Å². The molecule has 2 aliphatic heterocycles. The van der Waals surface area contributed by atoms with Crippen molar-refractivity contribution in [2.75, 3.05) is 37.6 Å². The van der Waals surface area contributed by atoms with Gasteiger partial charge in [-0.1, -0.05) is 30.3 Å². The first-order chi connectivity index (χ1) is 13.3. The zero-order valence-electron chi connectivity index (χ0n) is 15.9. The quantitative estimate of drug-likeness (QED) is 0.853. The largest absolute Gasteiger partial charge is 0.371 e. The summed E-state index contributed by atoms with van der Waals surface area (Å²) in [4.78, 5) is 17.5. The van der Waals surface area contributed by atoms with Crippen molar-refractivity contribution < 1.29 is 4.79 Å². The first kappa shape index (κ1) is 18.1. The lowest BCUT2D eigenvalue weighted by molar-refractivity contribution is 0.0948. The molecule has 0 unspecified atom stereocenters. The molecule has 0 bridgehead atoms. The Hall–Kier alpha value is -2.33. The number of anilines is 1. The zero-order valence-corrected chi connectivity index (χ0v) is 15.9. The number of hydrogen-bond acceptors (Lipinski definition) is 3. The normalized spacial score (nSPS) is 20.1. The molecular weight excluding hydrogens is 334 g/mol. The van der Waals surface area contributed by atoms with Crippen LogP contribution < -0.4 is 10.2 Å². The minimum atomic E-state index is 0.0523. The van der Waals surface area contributed by atoms with Crippen LogP contribution in [0.15, 0.2) is 54.6 Å². The van der Waals surface area contributed by atoms with Crippen LogP contribution in [0.5, 0.6) is 0 Å². The summed E-state index contributed by atoms with van der Waals surface area (Å²) in [7, 11) is 0. The van der Waals surface area contributed by atoms with Crippen LogP contribution in [0, 0.1) is 5.92 Å². The highest BCUT2D eigenvalue weighted by Crippen LogP contribution is 2.23. The second-order valence-electron chi connectivity index (χ2n) is 7.83. The average molecular weight is 364 g/mol. The van der Waals surface area contributed by atoms with Gasteiger partial charge in [-0.05, 0) is 68.1 Å². The highest BCUT2D eigenvalue weighted by atomic mass is 16.1. The summed E-state index contributed by atoms with van der Waals surface area (Å²) in [6, 6.07) is 18.6. The van der Waals surface area contributed by atoms with Gasteiger partial charge in [0.2, 0.25) is 0 Å². The molecule has 0 spiro atoms. The number of para-hydroxylation sites is 1. The molecule has 0 aliphatic carbocycles. The van der Waals surface area contributed by atoms with Crippen molar-refractivity contribution in [2.24, 2.45) is 5.92 Å². The minimum absolute atomic E-state index is 0.0523. The maximum Gasteiger partial charge on any atom is 0.251 e. The lowest BCUT2D eigenvalue weighted by atomic mass is 10.1. The van der Waals surface area contributed by atoms with Gasteiger partial charge >= 0.3 is 0 Å². The fourth-order valence-electron chi connectivity index (χ4n) is 4.22. The molecule has 1 atom stereocenters. The molecule has 0 aromatic heterocycles. The van der Waals surface area contributed by atoms with Gasteiger partial charge in [-0.25, -0.2) is 0 Å². The second kappa shape index (κ2) is 8.57. The summed E-state index contributed by atoms with van der Waals surface area (Å²) < 4.78 is 0. The molecule has 0 saturated carbocycles. The number of likely N-dealkylation sites (tertiary alicyclic amines) is 1. The number of nitrogens with zero attached hydrogens (tertiary/aromatic N) is 2. The molecule has 142 valence electrons. The van der Waals surface area contributed by atoms with Crippen LogP contribution in [0.3, 0.4) is 0 Å². The Morgan fingerprint density at radius 1 is 1.00 bits per heavy atom. The van der Waals surface area contributed by atoms with E-state index in [1.165, 1.54) is 37.2 Å². The van der Waals surface area contributed by atoms with Gasteiger partial charge in [0.1, 0.15) is 0 Å². The van der Waals surface area contributed by atoms with Gasteiger partial charge in [-0.2, -0.15) is 0 Å². The smallest absolute Gasteiger partial charge is 0.251 e. The molecule has 1 amide bonds. The predicted octanol–water partition coefficient (Wildman–Crippen LogP) is 3.54. The number of rotatable bonds is 6. The summed E-state index contributed by atoms with van der Waals surface area (Å²) in [6.45, 7) is 6.13. The fraction of sp³-hybridized carbons (Fsp3) is 0.435. The van der Waals surface area contributed by atoms with E-state index >= 15 is 0 Å². The maximum absolute atomic E-state index is 12.6. The maximum atomic E-state index is 12.6. The molecule has 2 aromatic rings. The molecule has 2 aromatic carbocycles. The van der Waals surface area contributed by atoms with E-state index in [2.05, 4.69) is 57.6 Å². The number of carbonyl (C=O) groups is 1. The average Bonchev–Trinajstić information content (AvgIpc) is 3.39. The molecule has 4 rings (SSSR count). The van der Waals surface area contributed by atoms with Gasteiger partial charge < -0.3 is 10.2 Å². The van der Waals surface area contributed by atoms with Crippen molar-refractivity contribution in [3.63, 3.8) is 0 Å². The third-order valence-electron chi connectivity index (χ3n) is 5.75. The first-order valence-corrected chi connectivity index (χ1v) is 10.2. The molecule has 27 heavy (non-hydrogen) atoms. The van der Waals surface area contributed by atoms with Gasteiger partial charge in [0.15, 0.2) is 0 Å². The highest BCUT2D eigenvalue weighted by molar-refractivity contribution is 5.94. The summed E-state index contributed by atoms with van der Waals surface area (Å²) >= 11 is 0. The number of carbonyl (C=O) groups excluding carboxylic acids is 1. The SMILES string of the molecule is O=C(NC[C@H]1CCN(c2ccccc2)C1)c1cccc(CN2CCCC2)c1. The molecule has 0 radical (unpaired) electrons. The third-order valence-corrected chi connectivity index (χ3v) is 5.75. The van der Waals surface area contributed by atoms with Crippen molar-refractivity contribution in [3.05, 3.63) is 65.7 Å². The van der Waals surface area contributed by atoms with E-state index in [9.17, 15) is 4.79 Å². The van der Waals surface area contributed by atoms with E-state index in [4.69, 9.17) is 0 Å². The number of nitrogens with one attached hydrogen (secondary N) is 1. The summed E-state index contributed by atoms with van der Waals surface area (Å²) in [5, 5.41) is 3.15. The number of amides is 1. The second-order valence-corrected chi connectivity index (χ2v) is 7.83. The monoisotopic (exact) mass is 363 g/mol. The summed E-state index contributed by atoms with van der Waals surface area (Å²) in [6.07, 6.45) is 3.72. The summed E-state index contributed by atoms with van der Waals surface area (Å²) in [5.41, 5.74) is 3.30. The van der Waals surface area contributed by atoms with Gasteiger partial charge in [-0.3, -0.25) is 9.69 Å². The van der Waals surface area contributed by atoms with Crippen LogP contribution in [-0.2, 0) is 6.54 Å². The van der Waals surface area contributed by atoms with Crippen LogP contribution in [0.4, 0.5) is 5.69 Å². The molecule has 2 heterocycles. The Morgan fingerprint density at radius 3 is 2.63 bits per heavy atom. The Bertz CT molecular complexity index is 755. The highest BCUT2D eigenvalue weighted by Gasteiger charge is 2.23. The van der Waals surface area contributed by atoms with Crippen molar-refractivity contribution in [1.29, 1.82) is 0 Å². The molecule has 2 fully saturated rings. The predicted molar refractivity (Wildman–Crippen MR) is 110 cm³/mol. The van der Waals surface area contributed by atoms with Crippen molar-refractivity contribution >= 4 is 11.6 Å². The van der Waals surface area contributed by atoms with Crippen molar-refractivity contribution in [2.45, 2.75) is 25.8 Å². The van der Waals surface area contributed by atoms with Crippen LogP contribution >= 0.6 is 0 Å². The lowest BCUT2D eigenvalue weighted by Gasteiger charge is -2.19. The Labute approximate surface area is 162 Å². The van der Waals surface area contributed by atoms with Crippen molar-refractivity contribution in [3.8, 4) is 0 Å². The molecule has 1 N–H and O–H groups in total. The topological polar surface area (TPSA) is 35.6 Å².